The molecular formula is C17H23N3. The molecule has 0 amide bonds. The summed E-state index contributed by atoms with van der Waals surface area (Å²) >= 11 is 0. The van der Waals surface area contributed by atoms with Gasteiger partial charge in [-0.1, -0.05) is 6.07 Å². The smallest absolute Gasteiger partial charge is 0.0618 e. The van der Waals surface area contributed by atoms with Crippen molar-refractivity contribution in [2.75, 3.05) is 29.0 Å². The van der Waals surface area contributed by atoms with E-state index in [0.29, 0.717) is 0 Å². The van der Waals surface area contributed by atoms with E-state index >= 15 is 0 Å². The molecule has 0 spiro atoms. The van der Waals surface area contributed by atoms with Crippen LogP contribution in [0.5, 0.6) is 0 Å². The molecule has 0 bridgehead atoms. The van der Waals surface area contributed by atoms with Crippen LogP contribution in [0.25, 0.3) is 0 Å². The summed E-state index contributed by atoms with van der Waals surface area (Å²) in [5.41, 5.74) is 11.2. The van der Waals surface area contributed by atoms with Gasteiger partial charge in [0, 0.05) is 24.5 Å². The summed E-state index contributed by atoms with van der Waals surface area (Å²) < 4.78 is 0. The number of nitrogens with two attached hydrogens (primary N) is 1. The first-order valence-corrected chi connectivity index (χ1v) is 7.12. The van der Waals surface area contributed by atoms with Gasteiger partial charge in [0.05, 0.1) is 11.4 Å². The van der Waals surface area contributed by atoms with Crippen LogP contribution in [-0.4, -0.2) is 13.1 Å². The maximum atomic E-state index is 6.02. The molecule has 3 N–H and O–H groups in total. The number of hydrogen-bond donors (Lipinski definition) is 2. The lowest BCUT2D eigenvalue weighted by atomic mass is 10.2. The van der Waals surface area contributed by atoms with Crippen molar-refractivity contribution in [1.82, 2.24) is 0 Å². The summed E-state index contributed by atoms with van der Waals surface area (Å²) in [6, 6.07) is 14.5. The van der Waals surface area contributed by atoms with E-state index < -0.39 is 0 Å². The molecule has 0 radical (unpaired) electrons. The first-order valence-electron chi connectivity index (χ1n) is 7.12. The van der Waals surface area contributed by atoms with Crippen molar-refractivity contribution >= 4 is 22.7 Å². The Labute approximate surface area is 121 Å². The van der Waals surface area contributed by atoms with Gasteiger partial charge in [0.1, 0.15) is 0 Å². The van der Waals surface area contributed by atoms with Gasteiger partial charge in [-0.25, -0.2) is 0 Å². The van der Waals surface area contributed by atoms with Gasteiger partial charge in [-0.15, -0.1) is 0 Å². The number of nitrogens with one attached hydrogen (secondary N) is 1. The zero-order chi connectivity index (χ0) is 14.5. The highest BCUT2D eigenvalue weighted by Gasteiger charge is 2.03. The minimum atomic E-state index is 0.776. The van der Waals surface area contributed by atoms with Crippen LogP contribution in [0.2, 0.25) is 0 Å². The molecule has 3 nitrogen and oxygen atoms in total. The van der Waals surface area contributed by atoms with Crippen molar-refractivity contribution in [1.29, 1.82) is 0 Å². The second-order valence-corrected chi connectivity index (χ2v) is 4.93. The Morgan fingerprint density at radius 1 is 1.00 bits per heavy atom. The summed E-state index contributed by atoms with van der Waals surface area (Å²) in [6.07, 6.45) is 0. The minimum Gasteiger partial charge on any atom is -0.397 e. The SMILES string of the molecule is CCN(CC)c1ccc(Nc2ccc(C)cc2N)cc1. The number of benzene rings is 2. The molecule has 2 aromatic rings. The predicted molar refractivity (Wildman–Crippen MR) is 88.9 cm³/mol. The fourth-order valence-electron chi connectivity index (χ4n) is 2.30. The maximum absolute atomic E-state index is 6.02. The molecular weight excluding hydrogens is 246 g/mol. The van der Waals surface area contributed by atoms with Crippen molar-refractivity contribution in [3.63, 3.8) is 0 Å². The summed E-state index contributed by atoms with van der Waals surface area (Å²) in [4.78, 5) is 2.32. The van der Waals surface area contributed by atoms with Gasteiger partial charge in [0.2, 0.25) is 0 Å². The Bertz CT molecular complexity index is 557. The molecule has 0 atom stereocenters. The number of nitrogens with zero attached hydrogens (tertiary/aromatic N) is 1. The molecule has 0 heterocycles. The Balaban J connectivity index is 2.14. The van der Waals surface area contributed by atoms with Gasteiger partial charge in [-0.3, -0.25) is 0 Å². The van der Waals surface area contributed by atoms with E-state index in [9.17, 15) is 0 Å². The lowest BCUT2D eigenvalue weighted by Gasteiger charge is -2.21. The molecule has 0 fully saturated rings. The molecule has 2 rings (SSSR count). The van der Waals surface area contributed by atoms with Crippen LogP contribution in [0.15, 0.2) is 42.5 Å². The van der Waals surface area contributed by atoms with E-state index in [4.69, 9.17) is 5.73 Å². The third-order valence-corrected chi connectivity index (χ3v) is 3.48. The van der Waals surface area contributed by atoms with Crippen LogP contribution in [-0.2, 0) is 0 Å². The highest BCUT2D eigenvalue weighted by molar-refractivity contribution is 5.73. The molecule has 2 aromatic carbocycles. The van der Waals surface area contributed by atoms with Crippen molar-refractivity contribution in [2.45, 2.75) is 20.8 Å². The zero-order valence-electron chi connectivity index (χ0n) is 12.5. The van der Waals surface area contributed by atoms with Gasteiger partial charge in [0.25, 0.3) is 0 Å². The third-order valence-electron chi connectivity index (χ3n) is 3.48. The number of hydrogen-bond acceptors (Lipinski definition) is 3. The Morgan fingerprint density at radius 3 is 2.20 bits per heavy atom. The van der Waals surface area contributed by atoms with Crippen LogP contribution in [0.1, 0.15) is 19.4 Å². The van der Waals surface area contributed by atoms with E-state index in [2.05, 4.69) is 54.4 Å². The van der Waals surface area contributed by atoms with Gasteiger partial charge >= 0.3 is 0 Å². The third kappa shape index (κ3) is 3.23. The molecule has 0 aliphatic carbocycles. The average molecular weight is 269 g/mol. The molecule has 0 saturated carbocycles. The van der Waals surface area contributed by atoms with Crippen molar-refractivity contribution in [3.05, 3.63) is 48.0 Å². The van der Waals surface area contributed by atoms with Crippen LogP contribution in [0, 0.1) is 6.92 Å². The van der Waals surface area contributed by atoms with E-state index in [0.717, 1.165) is 30.2 Å². The first kappa shape index (κ1) is 14.3. The molecule has 106 valence electrons. The summed E-state index contributed by atoms with van der Waals surface area (Å²) in [6.45, 7) is 8.42. The van der Waals surface area contributed by atoms with E-state index in [1.807, 2.05) is 19.1 Å². The van der Waals surface area contributed by atoms with E-state index in [1.54, 1.807) is 0 Å². The fourth-order valence-corrected chi connectivity index (χ4v) is 2.30. The van der Waals surface area contributed by atoms with Crippen LogP contribution >= 0.6 is 0 Å². The quantitative estimate of drug-likeness (QED) is 0.801. The maximum Gasteiger partial charge on any atom is 0.0618 e. The van der Waals surface area contributed by atoms with Crippen LogP contribution < -0.4 is 16.0 Å². The molecule has 0 aliphatic heterocycles. The standard InChI is InChI=1S/C17H23N3/c1-4-20(5-2)15-9-7-14(8-10-15)19-17-11-6-13(3)12-16(17)18/h6-12,19H,4-5,18H2,1-3H3. The second-order valence-electron chi connectivity index (χ2n) is 4.93. The highest BCUT2D eigenvalue weighted by Crippen LogP contribution is 2.25. The van der Waals surface area contributed by atoms with Crippen molar-refractivity contribution < 1.29 is 0 Å². The number of rotatable bonds is 5. The number of aryl methyl sites for hydroxylation is 1. The lowest BCUT2D eigenvalue weighted by molar-refractivity contribution is 0.866. The average Bonchev–Trinajstić information content (AvgIpc) is 2.45. The van der Waals surface area contributed by atoms with Gasteiger partial charge in [-0.2, -0.15) is 0 Å². The molecule has 3 heteroatoms. The molecule has 0 saturated heterocycles. The minimum absolute atomic E-state index is 0.776. The molecule has 0 aromatic heterocycles. The number of nitrogen functional groups attached to an aromatic ring is 1. The Hall–Kier alpha value is -2.16. The zero-order valence-corrected chi connectivity index (χ0v) is 12.5. The topological polar surface area (TPSA) is 41.3 Å². The monoisotopic (exact) mass is 269 g/mol. The predicted octanol–water partition coefficient (Wildman–Crippen LogP) is 4.17. The van der Waals surface area contributed by atoms with E-state index in [-0.39, 0.29) is 0 Å². The van der Waals surface area contributed by atoms with Crippen LogP contribution in [0.3, 0.4) is 0 Å². The number of anilines is 4. The van der Waals surface area contributed by atoms with Gasteiger partial charge in [0.15, 0.2) is 0 Å². The Kier molecular flexibility index (Phi) is 4.51. The highest BCUT2D eigenvalue weighted by atomic mass is 15.1. The fraction of sp³-hybridized carbons (Fsp3) is 0.294. The van der Waals surface area contributed by atoms with Gasteiger partial charge in [-0.05, 0) is 62.7 Å². The summed E-state index contributed by atoms with van der Waals surface area (Å²) in [5, 5.41) is 3.36. The van der Waals surface area contributed by atoms with Gasteiger partial charge < -0.3 is 16.0 Å². The van der Waals surface area contributed by atoms with Crippen LogP contribution in [0.4, 0.5) is 22.7 Å². The molecule has 0 unspecified atom stereocenters. The normalized spacial score (nSPS) is 10.3. The summed E-state index contributed by atoms with van der Waals surface area (Å²) in [5.74, 6) is 0. The van der Waals surface area contributed by atoms with Crippen molar-refractivity contribution in [2.24, 2.45) is 0 Å². The van der Waals surface area contributed by atoms with Crippen molar-refractivity contribution in [3.8, 4) is 0 Å². The summed E-state index contributed by atoms with van der Waals surface area (Å²) in [7, 11) is 0. The Morgan fingerprint density at radius 2 is 1.65 bits per heavy atom. The first-order chi connectivity index (χ1) is 9.63. The second kappa shape index (κ2) is 6.33. The lowest BCUT2D eigenvalue weighted by Crippen LogP contribution is -2.21. The largest absolute Gasteiger partial charge is 0.397 e. The molecule has 20 heavy (non-hydrogen) atoms. The molecule has 0 aliphatic rings. The van der Waals surface area contributed by atoms with E-state index in [1.165, 1.54) is 11.3 Å².